The van der Waals surface area contributed by atoms with Crippen molar-refractivity contribution in [2.75, 3.05) is 39.4 Å². The lowest BCUT2D eigenvalue weighted by atomic mass is 9.87. The number of benzene rings is 1. The molecule has 0 aliphatic carbocycles. The monoisotopic (exact) mass is 330 g/mol. The summed E-state index contributed by atoms with van der Waals surface area (Å²) < 4.78 is 5.51. The molecule has 0 radical (unpaired) electrons. The maximum Gasteiger partial charge on any atom is 0.242 e. The van der Waals surface area contributed by atoms with Crippen LogP contribution in [0, 0.1) is 5.41 Å². The van der Waals surface area contributed by atoms with Crippen LogP contribution in [-0.2, 0) is 20.7 Å². The zero-order valence-electron chi connectivity index (χ0n) is 14.4. The lowest BCUT2D eigenvalue weighted by Crippen LogP contribution is -2.43. The molecule has 130 valence electrons. The molecule has 2 aliphatic rings. The van der Waals surface area contributed by atoms with E-state index in [1.54, 1.807) is 4.90 Å². The summed E-state index contributed by atoms with van der Waals surface area (Å²) >= 11 is 0. The third-order valence-electron chi connectivity index (χ3n) is 5.26. The molecular formula is C19H26N2O3. The number of amides is 2. The molecule has 1 spiro atoms. The summed E-state index contributed by atoms with van der Waals surface area (Å²) in [7, 11) is 0. The number of nitrogens with zero attached hydrogens (tertiary/aromatic N) is 2. The zero-order chi connectivity index (χ0) is 17.0. The first kappa shape index (κ1) is 17.0. The van der Waals surface area contributed by atoms with Crippen molar-refractivity contribution in [3.63, 3.8) is 0 Å². The molecule has 24 heavy (non-hydrogen) atoms. The van der Waals surface area contributed by atoms with E-state index in [4.69, 9.17) is 4.74 Å². The number of carbonyl (C=O) groups is 2. The summed E-state index contributed by atoms with van der Waals surface area (Å²) in [4.78, 5) is 28.1. The number of hydrogen-bond donors (Lipinski definition) is 0. The lowest BCUT2D eigenvalue weighted by Gasteiger charge is -2.26. The molecule has 2 amide bonds. The van der Waals surface area contributed by atoms with Crippen LogP contribution in [0.3, 0.4) is 0 Å². The third kappa shape index (κ3) is 3.96. The van der Waals surface area contributed by atoms with E-state index in [2.05, 4.69) is 0 Å². The standard InChI is InChI=1S/C19H26N2O3/c1-16(22)20(10-7-17-5-3-2-4-6-17)13-18(23)21-11-8-19(14-21)9-12-24-15-19/h2-6H,7-15H2,1H3/t19-/m1/s1. The SMILES string of the molecule is CC(=O)N(CCc1ccccc1)CC(=O)N1CC[C@@]2(CCOC2)C1. The van der Waals surface area contributed by atoms with Crippen molar-refractivity contribution < 1.29 is 14.3 Å². The predicted octanol–water partition coefficient (Wildman–Crippen LogP) is 1.72. The van der Waals surface area contributed by atoms with E-state index in [0.717, 1.165) is 45.6 Å². The van der Waals surface area contributed by atoms with Crippen molar-refractivity contribution in [1.82, 2.24) is 9.80 Å². The second-order valence-corrected chi connectivity index (χ2v) is 7.04. The van der Waals surface area contributed by atoms with Crippen molar-refractivity contribution in [2.45, 2.75) is 26.2 Å². The summed E-state index contributed by atoms with van der Waals surface area (Å²) in [5.74, 6) is 0.0134. The average Bonchev–Trinajstić information content (AvgIpc) is 3.22. The highest BCUT2D eigenvalue weighted by atomic mass is 16.5. The number of likely N-dealkylation sites (tertiary alicyclic amines) is 1. The Kier molecular flexibility index (Phi) is 5.19. The molecule has 0 bridgehead atoms. The van der Waals surface area contributed by atoms with Gasteiger partial charge in [0.2, 0.25) is 11.8 Å². The highest BCUT2D eigenvalue weighted by Crippen LogP contribution is 2.38. The van der Waals surface area contributed by atoms with Gasteiger partial charge in [-0.25, -0.2) is 0 Å². The minimum absolute atomic E-state index is 0.0441. The first-order valence-corrected chi connectivity index (χ1v) is 8.73. The average molecular weight is 330 g/mol. The van der Waals surface area contributed by atoms with Gasteiger partial charge in [0, 0.05) is 38.6 Å². The van der Waals surface area contributed by atoms with Crippen molar-refractivity contribution in [1.29, 1.82) is 0 Å². The van der Waals surface area contributed by atoms with Gasteiger partial charge in [-0.2, -0.15) is 0 Å². The number of hydrogen-bond acceptors (Lipinski definition) is 3. The first-order valence-electron chi connectivity index (χ1n) is 8.73. The highest BCUT2D eigenvalue weighted by molar-refractivity contribution is 5.84. The molecule has 0 saturated carbocycles. The summed E-state index contributed by atoms with van der Waals surface area (Å²) in [6.07, 6.45) is 2.83. The summed E-state index contributed by atoms with van der Waals surface area (Å²) in [6.45, 7) is 5.42. The van der Waals surface area contributed by atoms with Crippen LogP contribution in [0.4, 0.5) is 0 Å². The second kappa shape index (κ2) is 7.34. The molecule has 3 rings (SSSR count). The molecule has 5 nitrogen and oxygen atoms in total. The largest absolute Gasteiger partial charge is 0.381 e. The Hall–Kier alpha value is -1.88. The number of ether oxygens (including phenoxy) is 1. The molecule has 2 heterocycles. The van der Waals surface area contributed by atoms with Gasteiger partial charge in [-0.3, -0.25) is 9.59 Å². The van der Waals surface area contributed by atoms with Gasteiger partial charge in [-0.05, 0) is 24.8 Å². The van der Waals surface area contributed by atoms with Crippen LogP contribution < -0.4 is 0 Å². The Balaban J connectivity index is 1.53. The van der Waals surface area contributed by atoms with Crippen molar-refractivity contribution in [3.05, 3.63) is 35.9 Å². The fourth-order valence-corrected chi connectivity index (χ4v) is 3.64. The van der Waals surface area contributed by atoms with E-state index in [-0.39, 0.29) is 23.8 Å². The number of rotatable bonds is 5. The van der Waals surface area contributed by atoms with Crippen LogP contribution in [0.2, 0.25) is 0 Å². The number of carbonyl (C=O) groups excluding carboxylic acids is 2. The summed E-state index contributed by atoms with van der Waals surface area (Å²) in [6, 6.07) is 10.1. The maximum atomic E-state index is 12.6. The maximum absolute atomic E-state index is 12.6. The summed E-state index contributed by atoms with van der Waals surface area (Å²) in [5.41, 5.74) is 1.35. The van der Waals surface area contributed by atoms with Gasteiger partial charge in [0.05, 0.1) is 13.2 Å². The van der Waals surface area contributed by atoms with Gasteiger partial charge < -0.3 is 14.5 Å². The summed E-state index contributed by atoms with van der Waals surface area (Å²) in [5, 5.41) is 0. The molecule has 2 saturated heterocycles. The van der Waals surface area contributed by atoms with E-state index in [1.807, 2.05) is 35.2 Å². The Labute approximate surface area is 143 Å². The Morgan fingerprint density at radius 3 is 2.71 bits per heavy atom. The van der Waals surface area contributed by atoms with Gasteiger partial charge in [0.1, 0.15) is 0 Å². The molecule has 5 heteroatoms. The minimum Gasteiger partial charge on any atom is -0.381 e. The van der Waals surface area contributed by atoms with Gasteiger partial charge in [0.25, 0.3) is 0 Å². The molecule has 2 fully saturated rings. The Morgan fingerprint density at radius 1 is 1.25 bits per heavy atom. The Bertz CT molecular complexity index is 582. The van der Waals surface area contributed by atoms with E-state index in [0.29, 0.717) is 6.54 Å². The fraction of sp³-hybridized carbons (Fsp3) is 0.579. The van der Waals surface area contributed by atoms with E-state index in [9.17, 15) is 9.59 Å². The van der Waals surface area contributed by atoms with Crippen LogP contribution >= 0.6 is 0 Å². The lowest BCUT2D eigenvalue weighted by molar-refractivity contribution is -0.139. The van der Waals surface area contributed by atoms with Crippen LogP contribution in [0.5, 0.6) is 0 Å². The van der Waals surface area contributed by atoms with Crippen LogP contribution in [-0.4, -0.2) is 61.0 Å². The van der Waals surface area contributed by atoms with Crippen LogP contribution in [0.1, 0.15) is 25.3 Å². The van der Waals surface area contributed by atoms with Gasteiger partial charge in [-0.15, -0.1) is 0 Å². The van der Waals surface area contributed by atoms with Crippen molar-refractivity contribution in [2.24, 2.45) is 5.41 Å². The molecule has 0 unspecified atom stereocenters. The van der Waals surface area contributed by atoms with E-state index < -0.39 is 0 Å². The Morgan fingerprint density at radius 2 is 2.04 bits per heavy atom. The highest BCUT2D eigenvalue weighted by Gasteiger charge is 2.42. The minimum atomic E-state index is -0.0441. The normalized spacial score (nSPS) is 23.0. The van der Waals surface area contributed by atoms with Crippen LogP contribution in [0.15, 0.2) is 30.3 Å². The zero-order valence-corrected chi connectivity index (χ0v) is 14.4. The second-order valence-electron chi connectivity index (χ2n) is 7.04. The van der Waals surface area contributed by atoms with E-state index in [1.165, 1.54) is 12.5 Å². The van der Waals surface area contributed by atoms with Crippen molar-refractivity contribution >= 4 is 11.8 Å². The predicted molar refractivity (Wildman–Crippen MR) is 91.5 cm³/mol. The third-order valence-corrected chi connectivity index (χ3v) is 5.26. The molecule has 1 aromatic rings. The molecular weight excluding hydrogens is 304 g/mol. The first-order chi connectivity index (χ1) is 11.6. The molecule has 0 aromatic heterocycles. The quantitative estimate of drug-likeness (QED) is 0.826. The molecule has 2 aliphatic heterocycles. The van der Waals surface area contributed by atoms with Crippen molar-refractivity contribution in [3.8, 4) is 0 Å². The van der Waals surface area contributed by atoms with Gasteiger partial charge in [-0.1, -0.05) is 30.3 Å². The molecule has 0 N–H and O–H groups in total. The molecule has 1 atom stereocenters. The fourth-order valence-electron chi connectivity index (χ4n) is 3.64. The topological polar surface area (TPSA) is 49.9 Å². The van der Waals surface area contributed by atoms with Crippen LogP contribution in [0.25, 0.3) is 0 Å². The van der Waals surface area contributed by atoms with Gasteiger partial charge in [0.15, 0.2) is 0 Å². The van der Waals surface area contributed by atoms with Gasteiger partial charge >= 0.3 is 0 Å². The smallest absolute Gasteiger partial charge is 0.242 e. The molecule has 1 aromatic carbocycles. The van der Waals surface area contributed by atoms with E-state index >= 15 is 0 Å².